The van der Waals surface area contributed by atoms with Gasteiger partial charge in [-0.25, -0.2) is 0 Å². The molecule has 0 amide bonds. The number of aromatic nitrogens is 1. The van der Waals surface area contributed by atoms with Gasteiger partial charge in [0.25, 0.3) is 0 Å². The molecule has 0 atom stereocenters. The third-order valence-electron chi connectivity index (χ3n) is 3.90. The third kappa shape index (κ3) is 2.53. The Hall–Kier alpha value is -1.32. The summed E-state index contributed by atoms with van der Waals surface area (Å²) in [5.74, 6) is 0.718. The number of nitrogens with zero attached hydrogens (tertiary/aromatic N) is 2. The summed E-state index contributed by atoms with van der Waals surface area (Å²) >= 11 is 6.02. The Kier molecular flexibility index (Phi) is 3.33. The SMILES string of the molecule is CN(CC1CC(N)C1)c1ccnc2cc(Cl)ccc12. The normalized spacial score (nSPS) is 22.3. The van der Waals surface area contributed by atoms with Crippen LogP contribution in [0.3, 0.4) is 0 Å². The van der Waals surface area contributed by atoms with Crippen LogP contribution in [0.25, 0.3) is 10.9 Å². The number of pyridine rings is 1. The predicted octanol–water partition coefficient (Wildman–Crippen LogP) is 3.06. The second-order valence-corrected chi connectivity index (χ2v) is 5.91. The van der Waals surface area contributed by atoms with E-state index in [4.69, 9.17) is 17.3 Å². The van der Waals surface area contributed by atoms with Gasteiger partial charge >= 0.3 is 0 Å². The van der Waals surface area contributed by atoms with Crippen LogP contribution in [0.2, 0.25) is 5.02 Å². The quantitative estimate of drug-likeness (QED) is 0.936. The topological polar surface area (TPSA) is 42.1 Å². The van der Waals surface area contributed by atoms with Gasteiger partial charge in [-0.1, -0.05) is 11.6 Å². The van der Waals surface area contributed by atoms with Gasteiger partial charge < -0.3 is 10.6 Å². The average Bonchev–Trinajstić information content (AvgIpc) is 2.35. The number of hydrogen-bond donors (Lipinski definition) is 1. The van der Waals surface area contributed by atoms with Crippen molar-refractivity contribution in [2.45, 2.75) is 18.9 Å². The maximum atomic E-state index is 6.02. The molecule has 1 fully saturated rings. The van der Waals surface area contributed by atoms with E-state index in [0.717, 1.165) is 41.2 Å². The molecule has 0 aliphatic heterocycles. The fraction of sp³-hybridized carbons (Fsp3) is 0.400. The summed E-state index contributed by atoms with van der Waals surface area (Å²) in [6, 6.07) is 8.35. The molecule has 2 aromatic rings. The van der Waals surface area contributed by atoms with Gasteiger partial charge in [0.2, 0.25) is 0 Å². The van der Waals surface area contributed by atoms with Gasteiger partial charge in [0.1, 0.15) is 0 Å². The highest BCUT2D eigenvalue weighted by Gasteiger charge is 2.27. The third-order valence-corrected chi connectivity index (χ3v) is 4.13. The Labute approximate surface area is 118 Å². The number of hydrogen-bond acceptors (Lipinski definition) is 3. The van der Waals surface area contributed by atoms with Crippen molar-refractivity contribution in [3.05, 3.63) is 35.5 Å². The minimum Gasteiger partial charge on any atom is -0.374 e. The molecule has 0 bridgehead atoms. The molecule has 0 unspecified atom stereocenters. The molecule has 19 heavy (non-hydrogen) atoms. The fourth-order valence-electron chi connectivity index (χ4n) is 2.86. The van der Waals surface area contributed by atoms with E-state index >= 15 is 0 Å². The largest absolute Gasteiger partial charge is 0.374 e. The van der Waals surface area contributed by atoms with E-state index in [0.29, 0.717) is 6.04 Å². The first-order valence-electron chi connectivity index (χ1n) is 6.64. The van der Waals surface area contributed by atoms with Crippen LogP contribution in [-0.2, 0) is 0 Å². The van der Waals surface area contributed by atoms with Crippen molar-refractivity contribution in [3.63, 3.8) is 0 Å². The van der Waals surface area contributed by atoms with E-state index < -0.39 is 0 Å². The van der Waals surface area contributed by atoms with Crippen LogP contribution in [0.1, 0.15) is 12.8 Å². The van der Waals surface area contributed by atoms with Crippen molar-refractivity contribution in [2.75, 3.05) is 18.5 Å². The van der Waals surface area contributed by atoms with Crippen LogP contribution >= 0.6 is 11.6 Å². The molecule has 1 saturated carbocycles. The van der Waals surface area contributed by atoms with Crippen LogP contribution in [0.5, 0.6) is 0 Å². The van der Waals surface area contributed by atoms with E-state index in [9.17, 15) is 0 Å². The number of fused-ring (bicyclic) bond motifs is 1. The molecule has 1 heterocycles. The summed E-state index contributed by atoms with van der Waals surface area (Å²) in [5.41, 5.74) is 8.00. The van der Waals surface area contributed by atoms with E-state index in [2.05, 4.69) is 23.0 Å². The lowest BCUT2D eigenvalue weighted by atomic mass is 9.80. The van der Waals surface area contributed by atoms with Crippen molar-refractivity contribution in [3.8, 4) is 0 Å². The molecule has 0 spiro atoms. The lowest BCUT2D eigenvalue weighted by Gasteiger charge is -2.36. The van der Waals surface area contributed by atoms with Gasteiger partial charge in [-0.3, -0.25) is 4.98 Å². The van der Waals surface area contributed by atoms with Crippen LogP contribution in [0, 0.1) is 5.92 Å². The zero-order chi connectivity index (χ0) is 13.4. The molecule has 2 N–H and O–H groups in total. The van der Waals surface area contributed by atoms with Gasteiger partial charge in [-0.05, 0) is 43.0 Å². The summed E-state index contributed by atoms with van der Waals surface area (Å²) in [7, 11) is 2.13. The predicted molar refractivity (Wildman–Crippen MR) is 80.7 cm³/mol. The number of nitrogens with two attached hydrogens (primary N) is 1. The summed E-state index contributed by atoms with van der Waals surface area (Å²) in [6.07, 6.45) is 4.12. The van der Waals surface area contributed by atoms with Crippen LogP contribution in [0.15, 0.2) is 30.5 Å². The molecular weight excluding hydrogens is 258 g/mol. The van der Waals surface area contributed by atoms with E-state index in [1.165, 1.54) is 5.69 Å². The Morgan fingerprint density at radius 1 is 1.37 bits per heavy atom. The molecule has 100 valence electrons. The number of anilines is 1. The van der Waals surface area contributed by atoms with Crippen LogP contribution in [0.4, 0.5) is 5.69 Å². The number of halogens is 1. The zero-order valence-electron chi connectivity index (χ0n) is 11.0. The minimum atomic E-state index is 0.409. The van der Waals surface area contributed by atoms with Crippen LogP contribution in [-0.4, -0.2) is 24.6 Å². The second-order valence-electron chi connectivity index (χ2n) is 5.47. The summed E-state index contributed by atoms with van der Waals surface area (Å²) < 4.78 is 0. The average molecular weight is 276 g/mol. The first-order valence-corrected chi connectivity index (χ1v) is 7.02. The van der Waals surface area contributed by atoms with Crippen molar-refractivity contribution in [2.24, 2.45) is 11.7 Å². The van der Waals surface area contributed by atoms with Crippen molar-refractivity contribution >= 4 is 28.2 Å². The lowest BCUT2D eigenvalue weighted by Crippen LogP contribution is -2.41. The molecule has 1 aromatic heterocycles. The monoisotopic (exact) mass is 275 g/mol. The lowest BCUT2D eigenvalue weighted by molar-refractivity contribution is 0.271. The molecular formula is C15H18ClN3. The van der Waals surface area contributed by atoms with Crippen LogP contribution < -0.4 is 10.6 Å². The van der Waals surface area contributed by atoms with Gasteiger partial charge in [-0.2, -0.15) is 0 Å². The molecule has 0 radical (unpaired) electrons. The maximum Gasteiger partial charge on any atom is 0.0737 e. The van der Waals surface area contributed by atoms with E-state index in [1.54, 1.807) is 0 Å². The Balaban J connectivity index is 1.87. The van der Waals surface area contributed by atoms with Gasteiger partial charge in [-0.15, -0.1) is 0 Å². The molecule has 3 rings (SSSR count). The van der Waals surface area contributed by atoms with Gasteiger partial charge in [0, 0.05) is 41.9 Å². The zero-order valence-corrected chi connectivity index (χ0v) is 11.8. The molecule has 0 saturated heterocycles. The highest BCUT2D eigenvalue weighted by molar-refractivity contribution is 6.31. The van der Waals surface area contributed by atoms with Crippen molar-refractivity contribution in [1.29, 1.82) is 0 Å². The Bertz CT molecular complexity index is 593. The summed E-state index contributed by atoms with van der Waals surface area (Å²) in [5, 5.41) is 1.88. The molecule has 1 aliphatic carbocycles. The summed E-state index contributed by atoms with van der Waals surface area (Å²) in [6.45, 7) is 1.05. The van der Waals surface area contributed by atoms with Gasteiger partial charge in [0.05, 0.1) is 5.52 Å². The highest BCUT2D eigenvalue weighted by Crippen LogP contribution is 2.31. The first kappa shape index (κ1) is 12.7. The van der Waals surface area contributed by atoms with E-state index in [1.807, 2.05) is 24.4 Å². The maximum absolute atomic E-state index is 6.02. The molecule has 1 aromatic carbocycles. The Morgan fingerprint density at radius 3 is 2.89 bits per heavy atom. The summed E-state index contributed by atoms with van der Waals surface area (Å²) in [4.78, 5) is 6.68. The van der Waals surface area contributed by atoms with Gasteiger partial charge in [0.15, 0.2) is 0 Å². The molecule has 3 nitrogen and oxygen atoms in total. The van der Waals surface area contributed by atoms with E-state index in [-0.39, 0.29) is 0 Å². The molecule has 1 aliphatic rings. The fourth-order valence-corrected chi connectivity index (χ4v) is 3.03. The molecule has 4 heteroatoms. The highest BCUT2D eigenvalue weighted by atomic mass is 35.5. The van der Waals surface area contributed by atoms with Crippen molar-refractivity contribution in [1.82, 2.24) is 4.98 Å². The first-order chi connectivity index (χ1) is 9.13. The standard InChI is InChI=1S/C15H18ClN3/c1-19(9-10-6-12(17)7-10)15-4-5-18-14-8-11(16)2-3-13(14)15/h2-5,8,10,12H,6-7,9,17H2,1H3. The van der Waals surface area contributed by atoms with Crippen molar-refractivity contribution < 1.29 is 0 Å². The second kappa shape index (κ2) is 4.99. The smallest absolute Gasteiger partial charge is 0.0737 e. The minimum absolute atomic E-state index is 0.409. The Morgan fingerprint density at radius 2 is 2.16 bits per heavy atom. The number of benzene rings is 1. The number of rotatable bonds is 3.